The molecule has 1 atom stereocenters. The number of carbonyl (C=O) groups excluding carboxylic acids is 1. The lowest BCUT2D eigenvalue weighted by Crippen LogP contribution is -2.38. The van der Waals surface area contributed by atoms with Crippen molar-refractivity contribution in [2.75, 3.05) is 18.4 Å². The number of benzene rings is 1. The van der Waals surface area contributed by atoms with Crippen LogP contribution in [-0.4, -0.2) is 29.9 Å². The monoisotopic (exact) mass is 382 g/mol. The molecule has 4 rings (SSSR count). The molecule has 3 nitrogen and oxygen atoms in total. The van der Waals surface area contributed by atoms with Gasteiger partial charge in [-0.15, -0.1) is 11.3 Å². The van der Waals surface area contributed by atoms with Gasteiger partial charge >= 0.3 is 0 Å². The van der Waals surface area contributed by atoms with Gasteiger partial charge in [-0.25, -0.2) is 0 Å². The van der Waals surface area contributed by atoms with Crippen molar-refractivity contribution in [3.05, 3.63) is 35.2 Å². The number of anilines is 1. The summed E-state index contributed by atoms with van der Waals surface area (Å²) in [7, 11) is 0. The summed E-state index contributed by atoms with van der Waals surface area (Å²) in [6, 6.07) is 7.08. The number of rotatable bonds is 2. The summed E-state index contributed by atoms with van der Waals surface area (Å²) in [5.74, 6) is 0.0594. The second-order valence-corrected chi connectivity index (χ2v) is 9.89. The van der Waals surface area contributed by atoms with E-state index in [2.05, 4.69) is 33.8 Å². The van der Waals surface area contributed by atoms with Gasteiger partial charge in [0.15, 0.2) is 0 Å². The van der Waals surface area contributed by atoms with Gasteiger partial charge in [0.05, 0.1) is 0 Å². The summed E-state index contributed by atoms with van der Waals surface area (Å²) in [6.45, 7) is 8.17. The van der Waals surface area contributed by atoms with Gasteiger partial charge in [0.2, 0.25) is 5.91 Å². The molecule has 1 N–H and O–H groups in total. The number of hydrogen-bond acceptors (Lipinski definition) is 3. The molecule has 0 saturated carbocycles. The lowest BCUT2D eigenvalue weighted by atomic mass is 9.95. The number of allylic oxidation sites excluding steroid dienone is 1. The summed E-state index contributed by atoms with van der Waals surface area (Å²) in [5, 5.41) is 6.66. The van der Waals surface area contributed by atoms with Crippen LogP contribution in [0.4, 0.5) is 5.69 Å². The zero-order chi connectivity index (χ0) is 19.0. The van der Waals surface area contributed by atoms with E-state index in [0.717, 1.165) is 24.7 Å². The van der Waals surface area contributed by atoms with Crippen LogP contribution in [0.15, 0.2) is 29.7 Å². The Balaban J connectivity index is 1.61. The average Bonchev–Trinajstić information content (AvgIpc) is 2.93. The Morgan fingerprint density at radius 3 is 2.89 bits per heavy atom. The predicted octanol–water partition coefficient (Wildman–Crippen LogP) is 5.92. The van der Waals surface area contributed by atoms with Crippen LogP contribution in [0, 0.1) is 5.41 Å². The molecule has 1 aromatic heterocycles. The molecule has 144 valence electrons. The largest absolute Gasteiger partial charge is 0.326 e. The number of hydrogen-bond donors (Lipinski definition) is 1. The first kappa shape index (κ1) is 18.7. The Morgan fingerprint density at radius 1 is 1.22 bits per heavy atom. The van der Waals surface area contributed by atoms with Crippen LogP contribution in [0.3, 0.4) is 0 Å². The first-order valence-corrected chi connectivity index (χ1v) is 11.1. The molecule has 1 saturated heterocycles. The lowest BCUT2D eigenvalue weighted by molar-refractivity contribution is -0.123. The van der Waals surface area contributed by atoms with Crippen molar-refractivity contribution in [1.29, 1.82) is 0 Å². The molecule has 4 heteroatoms. The van der Waals surface area contributed by atoms with E-state index in [9.17, 15) is 4.79 Å². The molecule has 2 aliphatic rings. The molecule has 0 bridgehead atoms. The molecule has 27 heavy (non-hydrogen) atoms. The lowest BCUT2D eigenvalue weighted by Gasteiger charge is -2.33. The fourth-order valence-electron chi connectivity index (χ4n) is 4.20. The molecule has 3 heterocycles. The van der Waals surface area contributed by atoms with Crippen molar-refractivity contribution >= 4 is 38.6 Å². The van der Waals surface area contributed by atoms with Gasteiger partial charge in [-0.05, 0) is 66.9 Å². The number of fused-ring (bicyclic) bond motifs is 2. The van der Waals surface area contributed by atoms with Crippen molar-refractivity contribution in [1.82, 2.24) is 4.90 Å². The second-order valence-electron chi connectivity index (χ2n) is 8.98. The van der Waals surface area contributed by atoms with Gasteiger partial charge in [-0.2, -0.15) is 0 Å². The molecular weight excluding hydrogens is 352 g/mol. The highest BCUT2D eigenvalue weighted by Crippen LogP contribution is 2.37. The summed E-state index contributed by atoms with van der Waals surface area (Å²) >= 11 is 1.81. The predicted molar refractivity (Wildman–Crippen MR) is 116 cm³/mol. The van der Waals surface area contributed by atoms with Gasteiger partial charge in [0, 0.05) is 33.8 Å². The Bertz CT molecular complexity index is 874. The third-order valence-corrected chi connectivity index (χ3v) is 6.89. The van der Waals surface area contributed by atoms with Crippen LogP contribution in [0.5, 0.6) is 0 Å². The van der Waals surface area contributed by atoms with Crippen LogP contribution >= 0.6 is 11.3 Å². The summed E-state index contributed by atoms with van der Waals surface area (Å²) < 4.78 is 1.29. The average molecular weight is 383 g/mol. The van der Waals surface area contributed by atoms with E-state index in [-0.39, 0.29) is 11.3 Å². The number of nitrogens with one attached hydrogen (secondary N) is 1. The maximum absolute atomic E-state index is 12.4. The molecule has 1 aromatic carbocycles. The van der Waals surface area contributed by atoms with Gasteiger partial charge in [-0.3, -0.25) is 9.69 Å². The van der Waals surface area contributed by atoms with Crippen LogP contribution in [0.1, 0.15) is 58.4 Å². The fourth-order valence-corrected chi connectivity index (χ4v) is 5.16. The molecule has 2 aromatic rings. The van der Waals surface area contributed by atoms with Crippen molar-refractivity contribution in [3.8, 4) is 0 Å². The van der Waals surface area contributed by atoms with Crippen molar-refractivity contribution in [2.24, 2.45) is 5.41 Å². The summed E-state index contributed by atoms with van der Waals surface area (Å²) in [4.78, 5) is 15.0. The molecule has 0 spiro atoms. The number of amides is 1. The Hall–Kier alpha value is -1.65. The number of thiophene rings is 1. The van der Waals surface area contributed by atoms with Gasteiger partial charge in [0.25, 0.3) is 0 Å². The zero-order valence-electron chi connectivity index (χ0n) is 16.7. The molecular formula is C23H30N2OS. The second kappa shape index (κ2) is 7.40. The topological polar surface area (TPSA) is 32.3 Å². The number of nitrogens with zero attached hydrogens (tertiary/aromatic N) is 1. The molecule has 1 unspecified atom stereocenters. The third kappa shape index (κ3) is 3.97. The van der Waals surface area contributed by atoms with E-state index >= 15 is 0 Å². The Kier molecular flexibility index (Phi) is 5.13. The van der Waals surface area contributed by atoms with Crippen molar-refractivity contribution in [2.45, 2.75) is 58.9 Å². The standard InChI is InChI=1S/C23H30N2OS/c1-23(2,3)22(26)24-17-8-10-21-19(14-17)20(15-27-21)16-7-9-18-6-4-5-12-25(18)13-11-16/h8,10-11,14-15,18H,4-7,9,12-13H2,1-3H3,(H,24,26). The molecule has 2 aliphatic heterocycles. The van der Waals surface area contributed by atoms with Gasteiger partial charge in [-0.1, -0.05) is 33.3 Å². The van der Waals surface area contributed by atoms with E-state index in [1.807, 2.05) is 26.8 Å². The normalized spacial score (nSPS) is 21.4. The zero-order valence-corrected chi connectivity index (χ0v) is 17.5. The van der Waals surface area contributed by atoms with E-state index in [4.69, 9.17) is 0 Å². The molecule has 1 amide bonds. The SMILES string of the molecule is CC(C)(C)C(=O)Nc1ccc2scc(C3=CCN4CCCCC4CC3)c2c1. The first-order chi connectivity index (χ1) is 12.9. The van der Waals surface area contributed by atoms with Gasteiger partial charge < -0.3 is 5.32 Å². The van der Waals surface area contributed by atoms with E-state index in [1.54, 1.807) is 11.3 Å². The maximum Gasteiger partial charge on any atom is 0.229 e. The molecule has 0 radical (unpaired) electrons. The van der Waals surface area contributed by atoms with E-state index in [0.29, 0.717) is 0 Å². The van der Waals surface area contributed by atoms with E-state index < -0.39 is 0 Å². The highest BCUT2D eigenvalue weighted by molar-refractivity contribution is 7.17. The highest BCUT2D eigenvalue weighted by atomic mass is 32.1. The van der Waals surface area contributed by atoms with Gasteiger partial charge in [0.1, 0.15) is 0 Å². The number of carbonyl (C=O) groups is 1. The number of piperidine rings is 1. The van der Waals surface area contributed by atoms with E-state index in [1.165, 1.54) is 53.5 Å². The molecule has 1 fully saturated rings. The first-order valence-electron chi connectivity index (χ1n) is 10.2. The maximum atomic E-state index is 12.4. The summed E-state index contributed by atoms with van der Waals surface area (Å²) in [6.07, 6.45) is 8.96. The minimum atomic E-state index is -0.388. The van der Waals surface area contributed by atoms with Crippen LogP contribution in [-0.2, 0) is 4.79 Å². The Labute approximate surface area is 166 Å². The van der Waals surface area contributed by atoms with Crippen molar-refractivity contribution < 1.29 is 4.79 Å². The minimum absolute atomic E-state index is 0.0594. The quantitative estimate of drug-likeness (QED) is 0.699. The third-order valence-electron chi connectivity index (χ3n) is 5.93. The van der Waals surface area contributed by atoms with Crippen LogP contribution < -0.4 is 5.32 Å². The Morgan fingerprint density at radius 2 is 2.07 bits per heavy atom. The highest BCUT2D eigenvalue weighted by Gasteiger charge is 2.25. The van der Waals surface area contributed by atoms with Crippen LogP contribution in [0.2, 0.25) is 0 Å². The fraction of sp³-hybridized carbons (Fsp3) is 0.522. The van der Waals surface area contributed by atoms with Crippen molar-refractivity contribution in [3.63, 3.8) is 0 Å². The smallest absolute Gasteiger partial charge is 0.229 e. The minimum Gasteiger partial charge on any atom is -0.326 e. The summed E-state index contributed by atoms with van der Waals surface area (Å²) in [5.41, 5.74) is 3.35. The van der Waals surface area contributed by atoms with Crippen LogP contribution in [0.25, 0.3) is 15.7 Å². The molecule has 0 aliphatic carbocycles.